The Balaban J connectivity index is 4.54. The van der Waals surface area contributed by atoms with Crippen LogP contribution in [0.1, 0.15) is 20.8 Å². The fraction of sp³-hybridized carbons (Fsp3) is 1.00. The normalized spacial score (nSPS) is 13.6. The Kier molecular flexibility index (Phi) is 4.32. The third kappa shape index (κ3) is 2.31. The summed E-state index contributed by atoms with van der Waals surface area (Å²) in [5.41, 5.74) is 0. The summed E-state index contributed by atoms with van der Waals surface area (Å²) in [4.78, 5) is 0. The minimum absolute atomic E-state index is 0.00687. The van der Waals surface area contributed by atoms with Gasteiger partial charge in [-0.05, 0) is 0 Å². The van der Waals surface area contributed by atoms with Crippen molar-refractivity contribution in [2.75, 3.05) is 21.3 Å². The van der Waals surface area contributed by atoms with Gasteiger partial charge in [-0.3, -0.25) is 0 Å². The van der Waals surface area contributed by atoms with Crippen LogP contribution in [-0.2, 0) is 9.22 Å². The monoisotopic (exact) mass is 270 g/mol. The summed E-state index contributed by atoms with van der Waals surface area (Å²) in [6.07, 6.45) is 0. The van der Waals surface area contributed by atoms with Crippen molar-refractivity contribution in [1.82, 2.24) is 0 Å². The summed E-state index contributed by atoms with van der Waals surface area (Å²) in [5, 5.41) is 0. The predicted molar refractivity (Wildman–Crippen MR) is 46.5 cm³/mol. The molecule has 0 spiro atoms. The zero-order valence-electron chi connectivity index (χ0n) is 8.22. The van der Waals surface area contributed by atoms with Crippen molar-refractivity contribution in [3.05, 3.63) is 0 Å². The Bertz CT molecular complexity index is 107. The maximum absolute atomic E-state index is 5.37. The van der Waals surface area contributed by atoms with Crippen LogP contribution in [-0.4, -0.2) is 40.9 Å². The average Bonchev–Trinajstić information content (AvgIpc) is 1.90. The average molecular weight is 269 g/mol. The molecule has 0 aromatic carbocycles. The van der Waals surface area contributed by atoms with Crippen molar-refractivity contribution >= 4 is 19.6 Å². The predicted octanol–water partition coefficient (Wildman–Crippen LogP) is 1.66. The second-order valence-corrected chi connectivity index (χ2v) is 14.4. The molecule has 0 rings (SSSR count). The van der Waals surface area contributed by atoms with E-state index in [1.54, 1.807) is 21.3 Å². The van der Waals surface area contributed by atoms with E-state index in [-0.39, 0.29) is 3.43 Å². The second kappa shape index (κ2) is 4.07. The third-order valence-corrected chi connectivity index (χ3v) is 11.6. The molecule has 0 N–H and O–H groups in total. The van der Waals surface area contributed by atoms with Gasteiger partial charge in [0, 0.05) is 0 Å². The topological polar surface area (TPSA) is 27.7 Å². The van der Waals surface area contributed by atoms with Gasteiger partial charge in [0.15, 0.2) is 0 Å². The Hall–Kier alpha value is 0.679. The van der Waals surface area contributed by atoms with E-state index in [4.69, 9.17) is 9.22 Å². The summed E-state index contributed by atoms with van der Waals surface area (Å²) in [5.74, 6) is 0. The fourth-order valence-corrected chi connectivity index (χ4v) is 7.84. The molecule has 0 bridgehead atoms. The summed E-state index contributed by atoms with van der Waals surface area (Å²) in [6.45, 7) is 6.25. The molecule has 0 aromatic rings. The van der Waals surface area contributed by atoms with E-state index in [0.717, 1.165) is 0 Å². The van der Waals surface area contributed by atoms with Crippen molar-refractivity contribution in [3.63, 3.8) is 0 Å². The van der Waals surface area contributed by atoms with E-state index in [9.17, 15) is 0 Å². The van der Waals surface area contributed by atoms with Crippen LogP contribution in [0.4, 0.5) is 0 Å². The third-order valence-electron chi connectivity index (χ3n) is 1.72. The molecule has 0 aliphatic rings. The molecule has 0 saturated carbocycles. The minimum atomic E-state index is -3.18. The molecule has 0 unspecified atom stereocenters. The number of rotatable bonds is 3. The molecule has 68 valence electrons. The van der Waals surface area contributed by atoms with Gasteiger partial charge in [0.25, 0.3) is 0 Å². The fourth-order valence-electron chi connectivity index (χ4n) is 1.17. The molecule has 0 atom stereocenters. The molecular formula is C7H18O3Sn. The SMILES string of the molecule is C[O][Sn]([O]C)([O]C)[C](C)(C)C. The van der Waals surface area contributed by atoms with Crippen molar-refractivity contribution in [2.24, 2.45) is 0 Å². The second-order valence-electron chi connectivity index (χ2n) is 3.42. The van der Waals surface area contributed by atoms with Gasteiger partial charge in [-0.15, -0.1) is 0 Å². The molecular weight excluding hydrogens is 251 g/mol. The van der Waals surface area contributed by atoms with Gasteiger partial charge in [-0.2, -0.15) is 0 Å². The molecule has 0 fully saturated rings. The van der Waals surface area contributed by atoms with E-state index in [1.807, 2.05) is 0 Å². The van der Waals surface area contributed by atoms with E-state index in [1.165, 1.54) is 0 Å². The number of hydrogen-bond donors (Lipinski definition) is 0. The van der Waals surface area contributed by atoms with Crippen molar-refractivity contribution in [1.29, 1.82) is 0 Å². The van der Waals surface area contributed by atoms with Crippen LogP contribution in [0.3, 0.4) is 0 Å². The number of hydrogen-bond acceptors (Lipinski definition) is 3. The standard InChI is InChI=1S/C4H9.3CH3O.Sn/c1-4(2)3;3*1-2;/h1-3H3;3*1H3;/q;3*-1;+3. The van der Waals surface area contributed by atoms with Crippen molar-refractivity contribution < 1.29 is 9.22 Å². The van der Waals surface area contributed by atoms with Gasteiger partial charge in [-0.1, -0.05) is 0 Å². The molecule has 11 heavy (non-hydrogen) atoms. The van der Waals surface area contributed by atoms with Gasteiger partial charge in [0.05, 0.1) is 0 Å². The first kappa shape index (κ1) is 11.7. The van der Waals surface area contributed by atoms with E-state index in [2.05, 4.69) is 20.8 Å². The van der Waals surface area contributed by atoms with Crippen LogP contribution < -0.4 is 0 Å². The first-order valence-electron chi connectivity index (χ1n) is 3.59. The first-order chi connectivity index (χ1) is 4.93. The van der Waals surface area contributed by atoms with Crippen molar-refractivity contribution in [3.8, 4) is 0 Å². The van der Waals surface area contributed by atoms with Crippen LogP contribution in [0, 0.1) is 0 Å². The van der Waals surface area contributed by atoms with Gasteiger partial charge < -0.3 is 0 Å². The first-order valence-corrected chi connectivity index (χ1v) is 8.51. The van der Waals surface area contributed by atoms with E-state index < -0.39 is 19.6 Å². The van der Waals surface area contributed by atoms with E-state index >= 15 is 0 Å². The van der Waals surface area contributed by atoms with E-state index in [0.29, 0.717) is 0 Å². The van der Waals surface area contributed by atoms with Crippen LogP contribution in [0.2, 0.25) is 3.43 Å². The summed E-state index contributed by atoms with van der Waals surface area (Å²) in [7, 11) is 4.98. The Morgan fingerprint density at radius 1 is 0.818 bits per heavy atom. The van der Waals surface area contributed by atoms with Crippen LogP contribution in [0.25, 0.3) is 0 Å². The zero-order valence-corrected chi connectivity index (χ0v) is 11.1. The zero-order chi connectivity index (χ0) is 9.12. The van der Waals surface area contributed by atoms with Gasteiger partial charge in [-0.25, -0.2) is 0 Å². The molecule has 0 aliphatic carbocycles. The van der Waals surface area contributed by atoms with Gasteiger partial charge in [0.2, 0.25) is 0 Å². The quantitative estimate of drug-likeness (QED) is 0.729. The van der Waals surface area contributed by atoms with Gasteiger partial charge in [0.1, 0.15) is 0 Å². The van der Waals surface area contributed by atoms with Crippen LogP contribution in [0.5, 0.6) is 0 Å². The van der Waals surface area contributed by atoms with Crippen LogP contribution in [0.15, 0.2) is 0 Å². The molecule has 0 heterocycles. The summed E-state index contributed by atoms with van der Waals surface area (Å²) < 4.78 is 16.1. The molecule has 3 nitrogen and oxygen atoms in total. The van der Waals surface area contributed by atoms with Crippen molar-refractivity contribution in [2.45, 2.75) is 24.2 Å². The van der Waals surface area contributed by atoms with Gasteiger partial charge >= 0.3 is 74.4 Å². The maximum atomic E-state index is 5.37. The molecule has 0 aliphatic heterocycles. The van der Waals surface area contributed by atoms with Crippen LogP contribution >= 0.6 is 0 Å². The molecule has 0 radical (unpaired) electrons. The Morgan fingerprint density at radius 3 is 1.09 bits per heavy atom. The molecule has 0 aromatic heterocycles. The molecule has 0 amide bonds. The Labute approximate surface area is 74.5 Å². The summed E-state index contributed by atoms with van der Waals surface area (Å²) >= 11 is -3.18. The molecule has 0 saturated heterocycles. The Morgan fingerprint density at radius 2 is 1.09 bits per heavy atom. The summed E-state index contributed by atoms with van der Waals surface area (Å²) in [6, 6.07) is 0. The molecule has 4 heteroatoms.